The molecule has 0 aliphatic carbocycles. The quantitative estimate of drug-likeness (QED) is 0.387. The zero-order chi connectivity index (χ0) is 22.3. The maximum Gasteiger partial charge on any atom is 0.234 e. The Hall–Kier alpha value is -3.65. The van der Waals surface area contributed by atoms with E-state index in [1.54, 1.807) is 41.9 Å². The van der Waals surface area contributed by atoms with Gasteiger partial charge in [-0.1, -0.05) is 54.2 Å². The Kier molecular flexibility index (Phi) is 6.81. The van der Waals surface area contributed by atoms with E-state index in [0.717, 1.165) is 11.3 Å². The fraction of sp³-hybridized carbons (Fsp3) is 0.125. The fourth-order valence-electron chi connectivity index (χ4n) is 3.02. The van der Waals surface area contributed by atoms with Crippen LogP contribution in [0.2, 0.25) is 0 Å². The minimum atomic E-state index is -0.367. The van der Waals surface area contributed by atoms with Gasteiger partial charge in [-0.25, -0.2) is 4.39 Å². The Morgan fingerprint density at radius 3 is 2.47 bits per heavy atom. The Morgan fingerprint density at radius 1 is 1.00 bits per heavy atom. The first-order valence-corrected chi connectivity index (χ1v) is 10.9. The number of amides is 1. The van der Waals surface area contributed by atoms with E-state index >= 15 is 0 Å². The number of thioether (sulfide) groups is 1. The number of anilines is 1. The molecule has 4 aromatic rings. The van der Waals surface area contributed by atoms with Crippen molar-refractivity contribution in [2.45, 2.75) is 11.8 Å². The van der Waals surface area contributed by atoms with Gasteiger partial charge in [0.25, 0.3) is 0 Å². The first-order chi connectivity index (χ1) is 15.6. The second kappa shape index (κ2) is 10.1. The van der Waals surface area contributed by atoms with E-state index in [1.165, 1.54) is 17.8 Å². The van der Waals surface area contributed by atoms with Crippen molar-refractivity contribution >= 4 is 23.4 Å². The van der Waals surface area contributed by atoms with Crippen molar-refractivity contribution in [3.05, 3.63) is 90.2 Å². The van der Waals surface area contributed by atoms with Gasteiger partial charge in [-0.15, -0.1) is 10.2 Å². The lowest BCUT2D eigenvalue weighted by molar-refractivity contribution is -0.113. The summed E-state index contributed by atoms with van der Waals surface area (Å²) in [6.45, 7) is 0.482. The summed E-state index contributed by atoms with van der Waals surface area (Å²) in [4.78, 5) is 12.3. The average molecular weight is 449 g/mol. The molecule has 1 N–H and O–H groups in total. The van der Waals surface area contributed by atoms with E-state index in [2.05, 4.69) is 15.5 Å². The Bertz CT molecular complexity index is 1200. The number of hydrogen-bond acceptors (Lipinski definition) is 5. The van der Waals surface area contributed by atoms with E-state index in [0.29, 0.717) is 28.8 Å². The molecule has 32 heavy (non-hydrogen) atoms. The van der Waals surface area contributed by atoms with Crippen molar-refractivity contribution in [2.24, 2.45) is 7.05 Å². The van der Waals surface area contributed by atoms with Crippen LogP contribution in [0.3, 0.4) is 0 Å². The number of ether oxygens (including phenoxy) is 1. The second-order valence-electron chi connectivity index (χ2n) is 6.98. The highest BCUT2D eigenvalue weighted by molar-refractivity contribution is 7.99. The van der Waals surface area contributed by atoms with Crippen molar-refractivity contribution in [1.29, 1.82) is 0 Å². The third-order valence-electron chi connectivity index (χ3n) is 4.67. The third kappa shape index (κ3) is 5.33. The van der Waals surface area contributed by atoms with Crippen molar-refractivity contribution in [1.82, 2.24) is 14.8 Å². The van der Waals surface area contributed by atoms with Gasteiger partial charge in [0.05, 0.1) is 11.3 Å². The monoisotopic (exact) mass is 448 g/mol. The Balaban J connectivity index is 1.29. The number of hydrogen-bond donors (Lipinski definition) is 1. The average Bonchev–Trinajstić information content (AvgIpc) is 3.18. The number of carbonyl (C=O) groups is 1. The third-order valence-corrected chi connectivity index (χ3v) is 5.69. The van der Waals surface area contributed by atoms with Crippen molar-refractivity contribution in [3.63, 3.8) is 0 Å². The molecule has 0 radical (unpaired) electrons. The predicted octanol–water partition coefficient (Wildman–Crippen LogP) is 4.93. The molecule has 3 aromatic carbocycles. The number of carbonyl (C=O) groups excluding carboxylic acids is 1. The highest BCUT2D eigenvalue weighted by Crippen LogP contribution is 2.25. The van der Waals surface area contributed by atoms with Crippen LogP contribution < -0.4 is 10.1 Å². The molecule has 0 fully saturated rings. The molecule has 162 valence electrons. The first-order valence-electron chi connectivity index (χ1n) is 9.94. The van der Waals surface area contributed by atoms with E-state index in [9.17, 15) is 9.18 Å². The largest absolute Gasteiger partial charge is 0.489 e. The summed E-state index contributed by atoms with van der Waals surface area (Å²) in [5.41, 5.74) is 2.13. The number of rotatable bonds is 8. The lowest BCUT2D eigenvalue weighted by Crippen LogP contribution is -2.14. The molecule has 0 aliphatic heterocycles. The van der Waals surface area contributed by atoms with E-state index in [1.807, 2.05) is 42.5 Å². The van der Waals surface area contributed by atoms with Gasteiger partial charge in [0.15, 0.2) is 11.0 Å². The molecule has 0 saturated heterocycles. The molecule has 0 atom stereocenters. The normalized spacial score (nSPS) is 10.7. The molecule has 6 nitrogen and oxygen atoms in total. The SMILES string of the molecule is Cn1c(SCC(=O)Nc2ccc(OCc3ccccc3)cc2)nnc1-c1ccccc1F. The summed E-state index contributed by atoms with van der Waals surface area (Å²) in [6.07, 6.45) is 0. The maximum atomic E-state index is 14.0. The van der Waals surface area contributed by atoms with Crippen LogP contribution >= 0.6 is 11.8 Å². The van der Waals surface area contributed by atoms with Crippen LogP contribution in [0.1, 0.15) is 5.56 Å². The summed E-state index contributed by atoms with van der Waals surface area (Å²) in [5, 5.41) is 11.5. The number of nitrogens with one attached hydrogen (secondary N) is 1. The molecule has 1 heterocycles. The molecule has 0 saturated carbocycles. The molecule has 0 aliphatic rings. The van der Waals surface area contributed by atoms with Crippen molar-refractivity contribution in [3.8, 4) is 17.1 Å². The Labute approximate surface area is 189 Å². The highest BCUT2D eigenvalue weighted by Gasteiger charge is 2.15. The molecule has 0 spiro atoms. The summed E-state index contributed by atoms with van der Waals surface area (Å²) >= 11 is 1.23. The number of halogens is 1. The second-order valence-corrected chi connectivity index (χ2v) is 7.92. The van der Waals surface area contributed by atoms with Crippen molar-refractivity contribution in [2.75, 3.05) is 11.1 Å². The minimum absolute atomic E-state index is 0.148. The van der Waals surface area contributed by atoms with Crippen LogP contribution in [0, 0.1) is 5.82 Å². The zero-order valence-electron chi connectivity index (χ0n) is 17.4. The van der Waals surface area contributed by atoms with Gasteiger partial charge in [-0.05, 0) is 42.0 Å². The van der Waals surface area contributed by atoms with Gasteiger partial charge >= 0.3 is 0 Å². The number of benzene rings is 3. The lowest BCUT2D eigenvalue weighted by atomic mass is 10.2. The highest BCUT2D eigenvalue weighted by atomic mass is 32.2. The summed E-state index contributed by atoms with van der Waals surface area (Å²) in [7, 11) is 1.75. The van der Waals surface area contributed by atoms with Gasteiger partial charge in [0, 0.05) is 12.7 Å². The molecule has 1 aromatic heterocycles. The molecule has 0 unspecified atom stereocenters. The van der Waals surface area contributed by atoms with Gasteiger partial charge in [0.1, 0.15) is 18.2 Å². The number of nitrogens with zero attached hydrogens (tertiary/aromatic N) is 3. The molecular formula is C24H21FN4O2S. The van der Waals surface area contributed by atoms with E-state index in [4.69, 9.17) is 4.74 Å². The van der Waals surface area contributed by atoms with Crippen LogP contribution in [0.4, 0.5) is 10.1 Å². The van der Waals surface area contributed by atoms with Crippen LogP contribution in [0.25, 0.3) is 11.4 Å². The standard InChI is InChI=1S/C24H21FN4O2S/c1-29-23(20-9-5-6-10-21(20)25)27-28-24(29)32-16-22(30)26-18-11-13-19(14-12-18)31-15-17-7-3-2-4-8-17/h2-14H,15-16H2,1H3,(H,26,30). The van der Waals surface area contributed by atoms with Gasteiger partial charge in [-0.2, -0.15) is 0 Å². The zero-order valence-corrected chi connectivity index (χ0v) is 18.2. The smallest absolute Gasteiger partial charge is 0.234 e. The molecular weight excluding hydrogens is 427 g/mol. The van der Waals surface area contributed by atoms with E-state index in [-0.39, 0.29) is 17.5 Å². The molecule has 8 heteroatoms. The summed E-state index contributed by atoms with van der Waals surface area (Å²) < 4.78 is 21.5. The Morgan fingerprint density at radius 2 is 1.72 bits per heavy atom. The summed E-state index contributed by atoms with van der Waals surface area (Å²) in [6, 6.07) is 23.5. The topological polar surface area (TPSA) is 69.0 Å². The van der Waals surface area contributed by atoms with E-state index < -0.39 is 0 Å². The number of aromatic nitrogens is 3. The maximum absolute atomic E-state index is 14.0. The van der Waals surface area contributed by atoms with Crippen LogP contribution in [-0.2, 0) is 18.4 Å². The fourth-order valence-corrected chi connectivity index (χ4v) is 3.73. The van der Waals surface area contributed by atoms with Crippen LogP contribution in [-0.4, -0.2) is 26.4 Å². The minimum Gasteiger partial charge on any atom is -0.489 e. The lowest BCUT2D eigenvalue weighted by Gasteiger charge is -2.09. The first kappa shape index (κ1) is 21.6. The van der Waals surface area contributed by atoms with Crippen LogP contribution in [0.15, 0.2) is 84.0 Å². The summed E-state index contributed by atoms with van der Waals surface area (Å²) in [5.74, 6) is 0.741. The van der Waals surface area contributed by atoms with Crippen LogP contribution in [0.5, 0.6) is 5.75 Å². The molecule has 0 bridgehead atoms. The predicted molar refractivity (Wildman–Crippen MR) is 123 cm³/mol. The molecule has 4 rings (SSSR count). The van der Waals surface area contributed by atoms with Gasteiger partial charge in [0.2, 0.25) is 5.91 Å². The van der Waals surface area contributed by atoms with Gasteiger partial charge < -0.3 is 14.6 Å². The molecule has 1 amide bonds. The van der Waals surface area contributed by atoms with Crippen molar-refractivity contribution < 1.29 is 13.9 Å². The van der Waals surface area contributed by atoms with Gasteiger partial charge in [-0.3, -0.25) is 4.79 Å².